The zero-order valence-electron chi connectivity index (χ0n) is 10.8. The molecule has 6 heteroatoms. The van der Waals surface area contributed by atoms with Gasteiger partial charge < -0.3 is 9.15 Å². The number of pyridine rings is 1. The van der Waals surface area contributed by atoms with Crippen LogP contribution in [-0.2, 0) is 19.4 Å². The fourth-order valence-electron chi connectivity index (χ4n) is 2.27. The van der Waals surface area contributed by atoms with E-state index in [1.807, 2.05) is 6.07 Å². The van der Waals surface area contributed by atoms with E-state index in [1.54, 1.807) is 6.92 Å². The average molecular weight is 261 g/mol. The summed E-state index contributed by atoms with van der Waals surface area (Å²) < 4.78 is 11.6. The molecule has 19 heavy (non-hydrogen) atoms. The highest BCUT2D eigenvalue weighted by Gasteiger charge is 2.13. The SMILES string of the molecule is Cc1nn(CCOc2ccc3c(n2)CCC3)c(=O)o1. The van der Waals surface area contributed by atoms with E-state index in [0.717, 1.165) is 18.5 Å². The van der Waals surface area contributed by atoms with Gasteiger partial charge in [-0.1, -0.05) is 6.07 Å². The van der Waals surface area contributed by atoms with Crippen molar-refractivity contribution in [3.05, 3.63) is 39.8 Å². The van der Waals surface area contributed by atoms with Gasteiger partial charge in [-0.15, -0.1) is 5.10 Å². The minimum absolute atomic E-state index is 0.345. The van der Waals surface area contributed by atoms with Crippen molar-refractivity contribution in [1.82, 2.24) is 14.8 Å². The molecule has 0 amide bonds. The van der Waals surface area contributed by atoms with Crippen LogP contribution in [0.4, 0.5) is 0 Å². The molecule has 100 valence electrons. The maximum absolute atomic E-state index is 11.3. The lowest BCUT2D eigenvalue weighted by Gasteiger charge is -2.06. The van der Waals surface area contributed by atoms with Crippen LogP contribution in [0, 0.1) is 6.92 Å². The Morgan fingerprint density at radius 2 is 2.32 bits per heavy atom. The summed E-state index contributed by atoms with van der Waals surface area (Å²) in [5.74, 6) is 0.512. The molecule has 0 aliphatic heterocycles. The molecule has 2 heterocycles. The molecular formula is C13H15N3O3. The summed E-state index contributed by atoms with van der Waals surface area (Å²) in [6, 6.07) is 3.94. The molecule has 0 radical (unpaired) electrons. The summed E-state index contributed by atoms with van der Waals surface area (Å²) in [5, 5.41) is 3.94. The summed E-state index contributed by atoms with van der Waals surface area (Å²) in [7, 11) is 0. The highest BCUT2D eigenvalue weighted by Crippen LogP contribution is 2.22. The molecule has 6 nitrogen and oxygen atoms in total. The summed E-state index contributed by atoms with van der Waals surface area (Å²) in [4.78, 5) is 15.8. The second-order valence-electron chi connectivity index (χ2n) is 4.57. The van der Waals surface area contributed by atoms with Gasteiger partial charge in [0.25, 0.3) is 0 Å². The molecule has 0 atom stereocenters. The normalized spacial score (nSPS) is 13.5. The quantitative estimate of drug-likeness (QED) is 0.824. The van der Waals surface area contributed by atoms with E-state index >= 15 is 0 Å². The Labute approximate surface area is 110 Å². The van der Waals surface area contributed by atoms with Gasteiger partial charge in [-0.05, 0) is 24.8 Å². The summed E-state index contributed by atoms with van der Waals surface area (Å²) in [6.45, 7) is 2.34. The fourth-order valence-corrected chi connectivity index (χ4v) is 2.27. The van der Waals surface area contributed by atoms with Crippen molar-refractivity contribution in [2.75, 3.05) is 6.61 Å². The monoisotopic (exact) mass is 261 g/mol. The van der Waals surface area contributed by atoms with Crippen molar-refractivity contribution in [2.45, 2.75) is 32.7 Å². The third-order valence-electron chi connectivity index (χ3n) is 3.16. The number of hydrogen-bond acceptors (Lipinski definition) is 5. The lowest BCUT2D eigenvalue weighted by molar-refractivity contribution is 0.275. The Balaban J connectivity index is 1.61. The van der Waals surface area contributed by atoms with E-state index in [1.165, 1.54) is 16.7 Å². The maximum Gasteiger partial charge on any atom is 0.437 e. The van der Waals surface area contributed by atoms with E-state index in [4.69, 9.17) is 9.15 Å². The molecule has 2 aromatic heterocycles. The lowest BCUT2D eigenvalue weighted by atomic mass is 10.2. The van der Waals surface area contributed by atoms with Gasteiger partial charge in [-0.2, -0.15) is 4.68 Å². The largest absolute Gasteiger partial charge is 0.476 e. The van der Waals surface area contributed by atoms with Crippen LogP contribution in [0.2, 0.25) is 0 Å². The number of aryl methyl sites for hydroxylation is 3. The second-order valence-corrected chi connectivity index (χ2v) is 4.57. The number of hydrogen-bond donors (Lipinski definition) is 0. The van der Waals surface area contributed by atoms with E-state index in [9.17, 15) is 4.79 Å². The second kappa shape index (κ2) is 4.87. The van der Waals surface area contributed by atoms with Crippen LogP contribution in [0.5, 0.6) is 5.88 Å². The van der Waals surface area contributed by atoms with E-state index in [-0.39, 0.29) is 0 Å². The Bertz CT molecular complexity index is 645. The van der Waals surface area contributed by atoms with Gasteiger partial charge in [0.05, 0.1) is 6.54 Å². The zero-order valence-corrected chi connectivity index (χ0v) is 10.8. The summed E-state index contributed by atoms with van der Waals surface area (Å²) in [5.41, 5.74) is 2.45. The van der Waals surface area contributed by atoms with Crippen LogP contribution < -0.4 is 10.5 Å². The molecule has 0 unspecified atom stereocenters. The van der Waals surface area contributed by atoms with Gasteiger partial charge in [0, 0.05) is 18.7 Å². The summed E-state index contributed by atoms with van der Waals surface area (Å²) in [6.07, 6.45) is 3.30. The number of aromatic nitrogens is 3. The van der Waals surface area contributed by atoms with Gasteiger partial charge in [0.15, 0.2) is 0 Å². The molecular weight excluding hydrogens is 246 g/mol. The highest BCUT2D eigenvalue weighted by molar-refractivity contribution is 5.29. The highest BCUT2D eigenvalue weighted by atomic mass is 16.5. The molecule has 0 aromatic carbocycles. The van der Waals surface area contributed by atoms with Crippen LogP contribution in [0.1, 0.15) is 23.6 Å². The first kappa shape index (κ1) is 12.0. The third kappa shape index (κ3) is 2.52. The number of ether oxygens (including phenoxy) is 1. The van der Waals surface area contributed by atoms with E-state index in [0.29, 0.717) is 24.9 Å². The van der Waals surface area contributed by atoms with Crippen molar-refractivity contribution in [3.8, 4) is 5.88 Å². The Morgan fingerprint density at radius 3 is 3.11 bits per heavy atom. The standard InChI is InChI=1S/C13H15N3O3/c1-9-15-16(13(17)19-9)7-8-18-12-6-5-10-3-2-4-11(10)14-12/h5-6H,2-4,7-8H2,1H3. The molecule has 2 aromatic rings. The molecule has 0 N–H and O–H groups in total. The smallest absolute Gasteiger partial charge is 0.437 e. The van der Waals surface area contributed by atoms with Gasteiger partial charge in [-0.25, -0.2) is 9.78 Å². The Morgan fingerprint density at radius 1 is 1.42 bits per heavy atom. The van der Waals surface area contributed by atoms with Crippen LogP contribution in [0.3, 0.4) is 0 Å². The van der Waals surface area contributed by atoms with Crippen LogP contribution in [0.15, 0.2) is 21.3 Å². The first-order valence-corrected chi connectivity index (χ1v) is 6.38. The molecule has 1 aliphatic rings. The average Bonchev–Trinajstić information content (AvgIpc) is 2.96. The van der Waals surface area contributed by atoms with Crippen molar-refractivity contribution in [3.63, 3.8) is 0 Å². The minimum Gasteiger partial charge on any atom is -0.476 e. The first-order valence-electron chi connectivity index (χ1n) is 6.38. The lowest BCUT2D eigenvalue weighted by Crippen LogP contribution is -2.20. The summed E-state index contributed by atoms with van der Waals surface area (Å²) >= 11 is 0. The minimum atomic E-state index is -0.456. The topological polar surface area (TPSA) is 70.2 Å². The van der Waals surface area contributed by atoms with Crippen molar-refractivity contribution < 1.29 is 9.15 Å². The maximum atomic E-state index is 11.3. The third-order valence-corrected chi connectivity index (χ3v) is 3.16. The molecule has 0 saturated heterocycles. The van der Waals surface area contributed by atoms with Gasteiger partial charge >= 0.3 is 5.76 Å². The first-order chi connectivity index (χ1) is 9.22. The zero-order chi connectivity index (χ0) is 13.2. The molecule has 1 aliphatic carbocycles. The van der Waals surface area contributed by atoms with Gasteiger partial charge in [0.2, 0.25) is 11.8 Å². The van der Waals surface area contributed by atoms with Crippen molar-refractivity contribution in [1.29, 1.82) is 0 Å². The molecule has 3 rings (SSSR count). The van der Waals surface area contributed by atoms with Crippen LogP contribution in [0.25, 0.3) is 0 Å². The van der Waals surface area contributed by atoms with Crippen molar-refractivity contribution in [2.24, 2.45) is 0 Å². The Kier molecular flexibility index (Phi) is 3.06. The van der Waals surface area contributed by atoms with Crippen molar-refractivity contribution >= 4 is 0 Å². The molecule has 0 bridgehead atoms. The van der Waals surface area contributed by atoms with E-state index < -0.39 is 5.76 Å². The van der Waals surface area contributed by atoms with Gasteiger partial charge in [-0.3, -0.25) is 0 Å². The fraction of sp³-hybridized carbons (Fsp3) is 0.462. The number of fused-ring (bicyclic) bond motifs is 1. The van der Waals surface area contributed by atoms with Crippen LogP contribution in [-0.4, -0.2) is 21.4 Å². The molecule has 0 spiro atoms. The number of rotatable bonds is 4. The van der Waals surface area contributed by atoms with E-state index in [2.05, 4.69) is 16.1 Å². The van der Waals surface area contributed by atoms with Crippen LogP contribution >= 0.6 is 0 Å². The predicted octanol–water partition coefficient (Wildman–Crippen LogP) is 1.11. The predicted molar refractivity (Wildman–Crippen MR) is 67.3 cm³/mol. The number of nitrogens with zero attached hydrogens (tertiary/aromatic N) is 3. The molecule has 0 fully saturated rings. The molecule has 0 saturated carbocycles. The Hall–Kier alpha value is -2.11. The van der Waals surface area contributed by atoms with Gasteiger partial charge in [0.1, 0.15) is 6.61 Å².